The Morgan fingerprint density at radius 3 is 2.70 bits per heavy atom. The van der Waals surface area contributed by atoms with Gasteiger partial charge in [0.05, 0.1) is 30.2 Å². The van der Waals surface area contributed by atoms with Gasteiger partial charge in [-0.1, -0.05) is 24.3 Å². The molecular weight excluding hydrogens is 397 g/mol. The van der Waals surface area contributed by atoms with Crippen LogP contribution >= 0.6 is 0 Å². The van der Waals surface area contributed by atoms with E-state index in [0.29, 0.717) is 18.5 Å². The van der Waals surface area contributed by atoms with Crippen molar-refractivity contribution < 1.29 is 27.6 Å². The summed E-state index contributed by atoms with van der Waals surface area (Å²) < 4.78 is 41.0. The summed E-state index contributed by atoms with van der Waals surface area (Å²) in [5.74, 6) is -1.02. The van der Waals surface area contributed by atoms with Crippen LogP contribution in [0.25, 0.3) is 11.0 Å². The third kappa shape index (κ3) is 3.39. The van der Waals surface area contributed by atoms with Gasteiger partial charge in [-0.3, -0.25) is 5.41 Å². The molecule has 0 radical (unpaired) electrons. The third-order valence-electron chi connectivity index (χ3n) is 6.01. The van der Waals surface area contributed by atoms with Gasteiger partial charge in [-0.15, -0.1) is 0 Å². The highest BCUT2D eigenvalue weighted by Crippen LogP contribution is 2.37. The Morgan fingerprint density at radius 1 is 1.27 bits per heavy atom. The van der Waals surface area contributed by atoms with Crippen molar-refractivity contribution in [3.8, 4) is 0 Å². The fraction of sp³-hybridized carbons (Fsp3) is 0.333. The Bertz CT molecular complexity index is 1170. The van der Waals surface area contributed by atoms with E-state index in [4.69, 9.17) is 5.41 Å². The number of H-pyrrole nitrogens is 1. The highest BCUT2D eigenvalue weighted by atomic mass is 19.4. The maximum Gasteiger partial charge on any atom is 0.416 e. The lowest BCUT2D eigenvalue weighted by atomic mass is 10.1. The first-order valence-corrected chi connectivity index (χ1v) is 9.57. The predicted octanol–water partition coefficient (Wildman–Crippen LogP) is 3.51. The fourth-order valence-corrected chi connectivity index (χ4v) is 4.72. The lowest BCUT2D eigenvalue weighted by molar-refractivity contribution is -0.927. The number of para-hydroxylation sites is 2. The van der Waals surface area contributed by atoms with Crippen molar-refractivity contribution in [2.24, 2.45) is 0 Å². The second-order valence-electron chi connectivity index (χ2n) is 8.06. The molecule has 6 nitrogen and oxygen atoms in total. The Morgan fingerprint density at radius 2 is 2.00 bits per heavy atom. The maximum atomic E-state index is 13.1. The number of fused-ring (bicyclic) bond motifs is 1. The van der Waals surface area contributed by atoms with E-state index in [9.17, 15) is 23.1 Å². The van der Waals surface area contributed by atoms with Crippen LogP contribution in [-0.4, -0.2) is 44.7 Å². The topological polar surface area (TPSA) is 81.9 Å². The van der Waals surface area contributed by atoms with E-state index in [0.717, 1.165) is 23.2 Å². The van der Waals surface area contributed by atoms with Gasteiger partial charge in [-0.25, -0.2) is 4.79 Å². The number of hydrogen-bond acceptors (Lipinski definition) is 2. The zero-order valence-corrected chi connectivity index (χ0v) is 16.3. The van der Waals surface area contributed by atoms with Gasteiger partial charge in [-0.2, -0.15) is 13.2 Å². The fourth-order valence-electron chi connectivity index (χ4n) is 4.72. The van der Waals surface area contributed by atoms with Crippen molar-refractivity contribution in [2.45, 2.75) is 31.2 Å². The highest BCUT2D eigenvalue weighted by molar-refractivity contribution is 5.77. The van der Waals surface area contributed by atoms with Crippen LogP contribution in [0.1, 0.15) is 23.6 Å². The number of aliphatic carboxylic acids is 1. The number of aromatic nitrogens is 2. The van der Waals surface area contributed by atoms with Crippen LogP contribution in [0.3, 0.4) is 0 Å². The Hall–Kier alpha value is -3.07. The first-order chi connectivity index (χ1) is 14.1. The van der Waals surface area contributed by atoms with Crippen molar-refractivity contribution in [1.29, 1.82) is 5.41 Å². The number of likely N-dealkylation sites (N-methyl/N-ethyl adjacent to an activating group) is 1. The van der Waals surface area contributed by atoms with Gasteiger partial charge in [0.2, 0.25) is 11.7 Å². The number of benzene rings is 2. The summed E-state index contributed by atoms with van der Waals surface area (Å²) in [6.07, 6.45) is -3.95. The van der Waals surface area contributed by atoms with Gasteiger partial charge in [0.1, 0.15) is 12.6 Å². The summed E-state index contributed by atoms with van der Waals surface area (Å²) >= 11 is 0. The number of carbonyl (C=O) groups is 1. The smallest absolute Gasteiger partial charge is 0.416 e. The number of aromatic amines is 1. The molecule has 3 aromatic rings. The molecule has 4 rings (SSSR count). The number of quaternary nitrogens is 1. The summed E-state index contributed by atoms with van der Waals surface area (Å²) in [6, 6.07) is 11.0. The first kappa shape index (κ1) is 20.2. The zero-order valence-electron chi connectivity index (χ0n) is 16.3. The number of alkyl halides is 3. The van der Waals surface area contributed by atoms with Gasteiger partial charge in [-0.05, 0) is 24.3 Å². The van der Waals surface area contributed by atoms with E-state index in [2.05, 4.69) is 4.98 Å². The molecule has 0 amide bonds. The van der Waals surface area contributed by atoms with Gasteiger partial charge in [0.15, 0.2) is 0 Å². The van der Waals surface area contributed by atoms with E-state index in [1.54, 1.807) is 17.7 Å². The quantitative estimate of drug-likeness (QED) is 0.566. The average Bonchev–Trinajstić information content (AvgIpc) is 3.17. The van der Waals surface area contributed by atoms with Crippen LogP contribution in [0.2, 0.25) is 0 Å². The summed E-state index contributed by atoms with van der Waals surface area (Å²) in [5, 5.41) is 18.4. The number of likely N-dealkylation sites (tertiary alicyclic amines) is 1. The molecule has 2 unspecified atom stereocenters. The van der Waals surface area contributed by atoms with Gasteiger partial charge in [0, 0.05) is 12.0 Å². The van der Waals surface area contributed by atoms with Crippen LogP contribution < -0.4 is 5.62 Å². The molecule has 3 atom stereocenters. The molecule has 158 valence electrons. The first-order valence-electron chi connectivity index (χ1n) is 9.57. The molecule has 1 aliphatic rings. The van der Waals surface area contributed by atoms with E-state index in [1.807, 2.05) is 24.3 Å². The van der Waals surface area contributed by atoms with Crippen molar-refractivity contribution in [3.05, 3.63) is 65.3 Å². The molecule has 2 aromatic carbocycles. The van der Waals surface area contributed by atoms with E-state index < -0.39 is 29.8 Å². The minimum atomic E-state index is -4.45. The number of nitrogens with zero attached hydrogens (tertiary/aromatic N) is 2. The number of halogens is 3. The molecule has 1 aliphatic heterocycles. The molecule has 0 bridgehead atoms. The lowest BCUT2D eigenvalue weighted by Crippen LogP contribution is -2.53. The Labute approximate surface area is 170 Å². The molecule has 30 heavy (non-hydrogen) atoms. The molecule has 1 fully saturated rings. The lowest BCUT2D eigenvalue weighted by Gasteiger charge is -2.35. The van der Waals surface area contributed by atoms with Crippen molar-refractivity contribution in [3.63, 3.8) is 0 Å². The number of hydrogen-bond donors (Lipinski definition) is 3. The largest absolute Gasteiger partial charge is 0.477 e. The molecule has 0 aliphatic carbocycles. The number of carboxylic acids is 1. The highest BCUT2D eigenvalue weighted by Gasteiger charge is 2.51. The van der Waals surface area contributed by atoms with Crippen LogP contribution in [0.15, 0.2) is 48.5 Å². The summed E-state index contributed by atoms with van der Waals surface area (Å²) in [4.78, 5) is 15.3. The molecule has 3 N–H and O–H groups in total. The van der Waals surface area contributed by atoms with Crippen LogP contribution in [0.4, 0.5) is 13.2 Å². The minimum absolute atomic E-state index is 0.0628. The molecule has 0 saturated carbocycles. The summed E-state index contributed by atoms with van der Waals surface area (Å²) in [6.45, 7) is 0.636. The number of nitrogens with one attached hydrogen (secondary N) is 2. The van der Waals surface area contributed by atoms with Crippen LogP contribution in [0.5, 0.6) is 0 Å². The predicted molar refractivity (Wildman–Crippen MR) is 103 cm³/mol. The van der Waals surface area contributed by atoms with Crippen molar-refractivity contribution in [1.82, 2.24) is 9.55 Å². The van der Waals surface area contributed by atoms with Crippen LogP contribution in [0, 0.1) is 5.41 Å². The third-order valence-corrected chi connectivity index (χ3v) is 6.01. The van der Waals surface area contributed by atoms with Crippen molar-refractivity contribution in [2.75, 3.05) is 13.6 Å². The standard InChI is InChI=1S/C21H21F3N4O2/c1-28(12-13-5-4-6-14(11-13)21(22,23)24)10-9-17(18(28)19(29)30)27-16-8-3-2-7-15(16)26-20(27)25/h2-8,11,17-18H,9-10,12H2,1H3,(H2-,25,26,29,30)/p+1/t17?,18-,28?/m0/s1. The van der Waals surface area contributed by atoms with Gasteiger partial charge < -0.3 is 19.1 Å². The second-order valence-corrected chi connectivity index (χ2v) is 8.06. The molecule has 1 aromatic heterocycles. The number of carboxylic acid groups (broad SMARTS) is 1. The van der Waals surface area contributed by atoms with Crippen molar-refractivity contribution >= 4 is 17.0 Å². The zero-order chi connectivity index (χ0) is 21.7. The molecule has 1 saturated heterocycles. The maximum absolute atomic E-state index is 13.1. The normalized spacial score (nSPS) is 24.4. The Balaban J connectivity index is 1.72. The number of rotatable bonds is 4. The number of imidazole rings is 1. The molecule has 9 heteroatoms. The van der Waals surface area contributed by atoms with E-state index >= 15 is 0 Å². The summed E-state index contributed by atoms with van der Waals surface area (Å²) in [7, 11) is 1.76. The molecular formula is C21H22F3N4O2+. The van der Waals surface area contributed by atoms with Crippen LogP contribution in [-0.2, 0) is 17.5 Å². The van der Waals surface area contributed by atoms with Gasteiger partial charge >= 0.3 is 12.1 Å². The summed E-state index contributed by atoms with van der Waals surface area (Å²) in [5.41, 5.74) is 1.29. The molecule has 0 spiro atoms. The second kappa shape index (κ2) is 7.02. The minimum Gasteiger partial charge on any atom is -0.477 e. The SMILES string of the molecule is C[N+]1(Cc2cccc(C(F)(F)F)c2)CCC(n2c(=N)[nH]c3ccccc32)[C@H]1C(=O)O. The average molecular weight is 419 g/mol. The molecule has 2 heterocycles. The van der Waals surface area contributed by atoms with Gasteiger partial charge in [0.25, 0.3) is 0 Å². The Kier molecular flexibility index (Phi) is 4.73. The van der Waals surface area contributed by atoms with E-state index in [-0.39, 0.29) is 16.6 Å². The van der Waals surface area contributed by atoms with E-state index in [1.165, 1.54) is 6.07 Å². The monoisotopic (exact) mass is 419 g/mol.